The molecule has 7 atom stereocenters. The molecule has 0 aliphatic heterocycles. The molecule has 1 aromatic heterocycles. The normalized spacial score (nSPS) is 29.3. The number of anilines is 2. The Balaban J connectivity index is 0.000000190. The smallest absolute Gasteiger partial charge is 0.407 e. The Morgan fingerprint density at radius 2 is 1.71 bits per heavy atom. The first-order chi connectivity index (χ1) is 26.5. The van der Waals surface area contributed by atoms with E-state index >= 15 is 0 Å². The van der Waals surface area contributed by atoms with Gasteiger partial charge in [-0.05, 0) is 66.3 Å². The molecule has 296 valence electrons. The van der Waals surface area contributed by atoms with Crippen LogP contribution in [0, 0.1) is 29.1 Å². The molecule has 0 unspecified atom stereocenters. The molecule has 13 heteroatoms. The van der Waals surface area contributed by atoms with Gasteiger partial charge in [0.1, 0.15) is 17.8 Å². The summed E-state index contributed by atoms with van der Waals surface area (Å²) in [6, 6.07) is 17.6. The largest absolute Gasteiger partial charge is 0.458 e. The number of carbonyl (C=O) groups is 4. The van der Waals surface area contributed by atoms with E-state index in [2.05, 4.69) is 15.6 Å². The fraction of sp³-hybridized carbons (Fsp3) is 0.419. The van der Waals surface area contributed by atoms with Crippen LogP contribution in [0.3, 0.4) is 0 Å². The van der Waals surface area contributed by atoms with E-state index in [1.807, 2.05) is 32.9 Å². The van der Waals surface area contributed by atoms with E-state index in [-0.39, 0.29) is 54.5 Å². The quantitative estimate of drug-likeness (QED) is 0.103. The number of rotatable bonds is 8. The molecule has 0 spiro atoms. The summed E-state index contributed by atoms with van der Waals surface area (Å²) in [5.41, 5.74) is 5.86. The number of nitrogens with one attached hydrogen (secondary N) is 2. The molecular formula is C43H50N4O9. The third kappa shape index (κ3) is 7.22. The molecule has 0 bridgehead atoms. The maximum atomic E-state index is 12.8. The van der Waals surface area contributed by atoms with Gasteiger partial charge in [-0.1, -0.05) is 63.3 Å². The number of fused-ring (bicyclic) bond motifs is 5. The zero-order valence-corrected chi connectivity index (χ0v) is 32.2. The lowest BCUT2D eigenvalue weighted by atomic mass is 9.60. The first-order valence-corrected chi connectivity index (χ1v) is 18.7. The Labute approximate surface area is 326 Å². The van der Waals surface area contributed by atoms with Crippen LogP contribution in [0.2, 0.25) is 0 Å². The Morgan fingerprint density at radius 1 is 1.00 bits per heavy atom. The van der Waals surface area contributed by atoms with E-state index in [9.17, 15) is 34.5 Å². The summed E-state index contributed by atoms with van der Waals surface area (Å²) in [7, 11) is 0. The number of ketones is 1. The van der Waals surface area contributed by atoms with Crippen LogP contribution in [0.15, 0.2) is 96.4 Å². The van der Waals surface area contributed by atoms with Gasteiger partial charge in [0.15, 0.2) is 5.78 Å². The molecule has 7 rings (SSSR count). The Hall–Kier alpha value is -5.37. The van der Waals surface area contributed by atoms with Gasteiger partial charge >= 0.3 is 12.1 Å². The summed E-state index contributed by atoms with van der Waals surface area (Å²) in [6.07, 6.45) is 6.77. The van der Waals surface area contributed by atoms with Crippen LogP contribution in [0.1, 0.15) is 68.9 Å². The third-order valence-electron chi connectivity index (χ3n) is 12.2. The van der Waals surface area contributed by atoms with Gasteiger partial charge in [-0.15, -0.1) is 0 Å². The van der Waals surface area contributed by atoms with Gasteiger partial charge in [0.2, 0.25) is 0 Å². The lowest BCUT2D eigenvalue weighted by Gasteiger charge is -2.50. The number of hydrogen-bond donors (Lipinski definition) is 6. The molecule has 0 saturated heterocycles. The molecule has 2 fully saturated rings. The molecule has 3 aromatic rings. The van der Waals surface area contributed by atoms with Crippen LogP contribution >= 0.6 is 0 Å². The van der Waals surface area contributed by atoms with Crippen LogP contribution in [0.5, 0.6) is 0 Å². The molecule has 7 N–H and O–H groups in total. The van der Waals surface area contributed by atoms with Gasteiger partial charge in [-0.25, -0.2) is 4.79 Å². The van der Waals surface area contributed by atoms with Crippen LogP contribution in [-0.2, 0) is 32.2 Å². The minimum atomic E-state index is -1.75. The van der Waals surface area contributed by atoms with Crippen molar-refractivity contribution in [3.63, 3.8) is 0 Å². The molecule has 4 aliphatic carbocycles. The van der Waals surface area contributed by atoms with Crippen molar-refractivity contribution < 1.29 is 44.0 Å². The van der Waals surface area contributed by atoms with Gasteiger partial charge < -0.3 is 41.2 Å². The second kappa shape index (κ2) is 15.3. The summed E-state index contributed by atoms with van der Waals surface area (Å²) < 4.78 is 11.0. The Kier molecular flexibility index (Phi) is 11.0. The number of para-hydroxylation sites is 2. The van der Waals surface area contributed by atoms with Crippen molar-refractivity contribution in [3.05, 3.63) is 113 Å². The molecular weight excluding hydrogens is 716 g/mol. The second-order valence-corrected chi connectivity index (χ2v) is 16.0. The number of aliphatic hydroxyl groups excluding tert-OH is 1. The molecule has 13 nitrogen and oxygen atoms in total. The van der Waals surface area contributed by atoms with Crippen molar-refractivity contribution in [2.45, 2.75) is 77.4 Å². The van der Waals surface area contributed by atoms with Crippen molar-refractivity contribution in [1.82, 2.24) is 10.3 Å². The number of Topliss-reactive ketones (excluding diaryl/α,β-unsaturated/α-hetero) is 1. The van der Waals surface area contributed by atoms with Crippen LogP contribution in [0.25, 0.3) is 0 Å². The van der Waals surface area contributed by atoms with Gasteiger partial charge in [-0.3, -0.25) is 19.4 Å². The van der Waals surface area contributed by atoms with Crippen molar-refractivity contribution in [2.75, 3.05) is 17.7 Å². The van der Waals surface area contributed by atoms with Gasteiger partial charge in [0.25, 0.3) is 5.91 Å². The number of nitrogens with two attached hydrogens (primary N) is 1. The highest BCUT2D eigenvalue weighted by molar-refractivity contribution is 6.06. The number of ether oxygens (including phenoxy) is 2. The van der Waals surface area contributed by atoms with Crippen molar-refractivity contribution in [3.8, 4) is 0 Å². The zero-order valence-electron chi connectivity index (χ0n) is 32.2. The lowest BCUT2D eigenvalue weighted by molar-refractivity contribution is -0.186. The topological polar surface area (TPSA) is 210 Å². The fourth-order valence-corrected chi connectivity index (χ4v) is 9.29. The molecule has 0 radical (unpaired) electrons. The van der Waals surface area contributed by atoms with Crippen LogP contribution in [0.4, 0.5) is 16.2 Å². The number of nitrogens with zero attached hydrogens (tertiary/aromatic N) is 1. The average Bonchev–Trinajstić information content (AvgIpc) is 3.57. The molecule has 1 heterocycles. The zero-order chi connectivity index (χ0) is 40.6. The average molecular weight is 767 g/mol. The van der Waals surface area contributed by atoms with Gasteiger partial charge in [-0.2, -0.15) is 0 Å². The van der Waals surface area contributed by atoms with Crippen molar-refractivity contribution in [2.24, 2.45) is 29.1 Å². The summed E-state index contributed by atoms with van der Waals surface area (Å²) in [5, 5.41) is 38.8. The number of hydrogen-bond acceptors (Lipinski definition) is 11. The maximum absolute atomic E-state index is 12.8. The van der Waals surface area contributed by atoms with E-state index in [0.717, 1.165) is 11.1 Å². The summed E-state index contributed by atoms with van der Waals surface area (Å²) >= 11 is 0. The number of alkyl carbamates (subject to hydrolysis) is 1. The Morgan fingerprint density at radius 3 is 2.36 bits per heavy atom. The first kappa shape index (κ1) is 40.3. The van der Waals surface area contributed by atoms with E-state index in [0.29, 0.717) is 41.1 Å². The van der Waals surface area contributed by atoms with E-state index in [1.165, 1.54) is 6.92 Å². The summed E-state index contributed by atoms with van der Waals surface area (Å²) in [6.45, 7) is 9.17. The van der Waals surface area contributed by atoms with E-state index in [1.54, 1.807) is 80.0 Å². The number of carbonyl (C=O) groups excluding carboxylic acids is 4. The van der Waals surface area contributed by atoms with Crippen molar-refractivity contribution >= 4 is 35.1 Å². The van der Waals surface area contributed by atoms with Crippen LogP contribution < -0.4 is 16.4 Å². The number of esters is 1. The van der Waals surface area contributed by atoms with Gasteiger partial charge in [0, 0.05) is 66.6 Å². The first-order valence-electron chi connectivity index (χ1n) is 18.7. The minimum Gasteiger partial charge on any atom is -0.458 e. The molecule has 2 aromatic carbocycles. The highest BCUT2D eigenvalue weighted by Crippen LogP contribution is 2.76. The third-order valence-corrected chi connectivity index (χ3v) is 12.2. The predicted octanol–water partition coefficient (Wildman–Crippen LogP) is 4.87. The molecule has 2 saturated carbocycles. The standard InChI is InChI=1S/C22H30O6.C21H20N4O3/c1-11-6-16-20(26,18(11)25)9-14(10-23)7-15-17-19(4,5)21(17,28-13(3)24)8-12(2)22(15,16)27;22-18-5-1-2-6-19(18)25-20(26)17-9-7-15(8-10-17)13-24-21(27)28-14-16-4-3-11-23-12-16/h6-7,12,15-17,23,26-27H,8-10H2,1-5H3;1-12H,13-14,22H2,(H,24,27)(H,25,26)/t12-,15+,16-,17-,20-,21+,22-;/m1./s1. The Bertz CT molecular complexity index is 2070. The molecule has 2 amide bonds. The summed E-state index contributed by atoms with van der Waals surface area (Å²) in [4.78, 5) is 52.7. The molecule has 4 aliphatic rings. The van der Waals surface area contributed by atoms with Crippen molar-refractivity contribution in [1.29, 1.82) is 0 Å². The van der Waals surface area contributed by atoms with E-state index in [4.69, 9.17) is 15.2 Å². The van der Waals surface area contributed by atoms with E-state index < -0.39 is 34.7 Å². The van der Waals surface area contributed by atoms with Gasteiger partial charge in [0.05, 0.1) is 23.6 Å². The number of amides is 2. The highest BCUT2D eigenvalue weighted by atomic mass is 16.6. The minimum absolute atomic E-state index is 0.0000834. The number of aromatic nitrogens is 1. The van der Waals surface area contributed by atoms with Crippen LogP contribution in [-0.4, -0.2) is 67.5 Å². The predicted molar refractivity (Wildman–Crippen MR) is 207 cm³/mol. The lowest BCUT2D eigenvalue weighted by Crippen LogP contribution is -2.61. The molecule has 56 heavy (non-hydrogen) atoms. The number of nitrogen functional groups attached to an aromatic ring is 1. The second-order valence-electron chi connectivity index (χ2n) is 16.0. The summed E-state index contributed by atoms with van der Waals surface area (Å²) in [5.74, 6) is -2.68. The number of aliphatic hydroxyl groups is 3. The maximum Gasteiger partial charge on any atom is 0.407 e. The fourth-order valence-electron chi connectivity index (χ4n) is 9.29. The SMILES string of the molecule is CC(=O)O[C@@]12C[C@@H](C)[C@@]3(O)[C@@H](C=C(CO)C[C@]4(O)C(=O)C(C)=C[C@@H]34)[C@@H]1C2(C)C.Nc1ccccc1NC(=O)c1ccc(CNC(=O)OCc2cccnc2)cc1. The number of pyridine rings is 1. The monoisotopic (exact) mass is 766 g/mol. The highest BCUT2D eigenvalue weighted by Gasteiger charge is 2.83. The number of benzene rings is 2.